The van der Waals surface area contributed by atoms with Crippen LogP contribution < -0.4 is 10.6 Å². The number of hydrogen-bond donors (Lipinski definition) is 2. The second kappa shape index (κ2) is 9.21. The van der Waals surface area contributed by atoms with E-state index in [2.05, 4.69) is 10.6 Å². The molecule has 0 radical (unpaired) electrons. The van der Waals surface area contributed by atoms with Crippen LogP contribution in [0.1, 0.15) is 28.8 Å². The minimum Gasteiger partial charge on any atom is -0.348 e. The van der Waals surface area contributed by atoms with Crippen molar-refractivity contribution in [1.29, 1.82) is 0 Å². The normalized spacial score (nSPS) is 14.0. The highest BCUT2D eigenvalue weighted by Crippen LogP contribution is 2.19. The lowest BCUT2D eigenvalue weighted by molar-refractivity contribution is 0.0950. The summed E-state index contributed by atoms with van der Waals surface area (Å²) < 4.78 is 48.0. The average Bonchev–Trinajstić information content (AvgIpc) is 3.27. The number of nitrogens with zero attached hydrogens (tertiary/aromatic N) is 1. The first-order valence-electron chi connectivity index (χ1n) is 9.32. The maximum Gasteiger partial charge on any atom is 0.341 e. The fourth-order valence-corrected chi connectivity index (χ4v) is 3.79. The molecule has 0 atom stereocenters. The molecule has 1 fully saturated rings. The van der Waals surface area contributed by atoms with Gasteiger partial charge < -0.3 is 15.5 Å². The van der Waals surface area contributed by atoms with Gasteiger partial charge in [-0.25, -0.2) is 13.2 Å². The fraction of sp³-hybridized carbons (Fsp3) is 0.300. The van der Waals surface area contributed by atoms with Crippen LogP contribution in [0.25, 0.3) is 0 Å². The van der Waals surface area contributed by atoms with Gasteiger partial charge in [0, 0.05) is 30.9 Å². The maximum atomic E-state index is 12.6. The molecule has 0 unspecified atom stereocenters. The van der Waals surface area contributed by atoms with E-state index in [-0.39, 0.29) is 18.1 Å². The van der Waals surface area contributed by atoms with Gasteiger partial charge in [-0.15, -0.1) is 0 Å². The molecule has 30 heavy (non-hydrogen) atoms. The van der Waals surface area contributed by atoms with E-state index in [0.29, 0.717) is 5.69 Å². The van der Waals surface area contributed by atoms with Crippen molar-refractivity contribution in [3.63, 3.8) is 0 Å². The van der Waals surface area contributed by atoms with Gasteiger partial charge in [-0.05, 0) is 54.8 Å². The number of carbonyl (C=O) groups is 2. The molecule has 0 aromatic heterocycles. The first-order chi connectivity index (χ1) is 14.3. The van der Waals surface area contributed by atoms with E-state index >= 15 is 0 Å². The number of urea groups is 1. The Morgan fingerprint density at radius 1 is 1.03 bits per heavy atom. The van der Waals surface area contributed by atoms with Crippen molar-refractivity contribution in [2.75, 3.05) is 18.4 Å². The highest BCUT2D eigenvalue weighted by Gasteiger charge is 2.26. The molecule has 2 N–H and O–H groups in total. The van der Waals surface area contributed by atoms with Crippen LogP contribution >= 0.6 is 0 Å². The number of alkyl halides is 2. The van der Waals surface area contributed by atoms with Crippen LogP contribution in [-0.4, -0.2) is 44.1 Å². The predicted octanol–water partition coefficient (Wildman–Crippen LogP) is 3.24. The van der Waals surface area contributed by atoms with Crippen molar-refractivity contribution in [3.05, 3.63) is 59.7 Å². The molecule has 0 aliphatic carbocycles. The molecule has 0 spiro atoms. The van der Waals surface area contributed by atoms with Gasteiger partial charge in [-0.1, -0.05) is 12.1 Å². The topological polar surface area (TPSA) is 95.6 Å². The molecular weight excluding hydrogens is 416 g/mol. The minimum absolute atomic E-state index is 0.140. The van der Waals surface area contributed by atoms with Gasteiger partial charge >= 0.3 is 11.8 Å². The summed E-state index contributed by atoms with van der Waals surface area (Å²) in [6.07, 6.45) is 1.99. The van der Waals surface area contributed by atoms with E-state index in [9.17, 15) is 26.8 Å². The van der Waals surface area contributed by atoms with Crippen LogP contribution in [0.15, 0.2) is 53.4 Å². The second-order valence-corrected chi connectivity index (χ2v) is 8.76. The summed E-state index contributed by atoms with van der Waals surface area (Å²) in [5, 5.41) is 5.50. The third-order valence-electron chi connectivity index (χ3n) is 4.70. The number of sulfone groups is 1. The molecule has 1 heterocycles. The molecule has 1 aliphatic rings. The van der Waals surface area contributed by atoms with Crippen molar-refractivity contribution < 1.29 is 26.8 Å². The lowest BCUT2D eigenvalue weighted by Gasteiger charge is -2.16. The summed E-state index contributed by atoms with van der Waals surface area (Å²) in [6.45, 7) is 1.64. The fourth-order valence-electron chi connectivity index (χ4n) is 3.07. The first kappa shape index (κ1) is 21.7. The first-order valence-corrected chi connectivity index (χ1v) is 10.9. The number of anilines is 1. The summed E-state index contributed by atoms with van der Waals surface area (Å²) in [6, 6.07) is 11.2. The van der Waals surface area contributed by atoms with Gasteiger partial charge in [0.25, 0.3) is 5.91 Å². The maximum absolute atomic E-state index is 12.6. The van der Waals surface area contributed by atoms with Crippen molar-refractivity contribution >= 4 is 27.5 Å². The number of carbonyl (C=O) groups excluding carboxylic acids is 2. The van der Waals surface area contributed by atoms with Gasteiger partial charge in [0.1, 0.15) is 0 Å². The van der Waals surface area contributed by atoms with Crippen molar-refractivity contribution in [3.8, 4) is 0 Å². The van der Waals surface area contributed by atoms with Gasteiger partial charge in [0.2, 0.25) is 9.84 Å². The molecule has 10 heteroatoms. The van der Waals surface area contributed by atoms with E-state index in [1.54, 1.807) is 29.2 Å². The number of hydrogen-bond acceptors (Lipinski definition) is 4. The second-order valence-electron chi connectivity index (χ2n) is 6.84. The zero-order valence-corrected chi connectivity index (χ0v) is 16.8. The third kappa shape index (κ3) is 5.12. The average molecular weight is 437 g/mol. The van der Waals surface area contributed by atoms with Gasteiger partial charge in [0.15, 0.2) is 0 Å². The van der Waals surface area contributed by atoms with E-state index in [0.717, 1.165) is 43.6 Å². The summed E-state index contributed by atoms with van der Waals surface area (Å²) in [7, 11) is -4.70. The van der Waals surface area contributed by atoms with E-state index < -0.39 is 26.4 Å². The van der Waals surface area contributed by atoms with Crippen LogP contribution in [0.3, 0.4) is 0 Å². The molecule has 160 valence electrons. The van der Waals surface area contributed by atoms with Crippen LogP contribution in [0.4, 0.5) is 19.3 Å². The molecule has 2 aromatic rings. The number of halogens is 2. The Hall–Kier alpha value is -3.01. The Morgan fingerprint density at radius 3 is 2.33 bits per heavy atom. The van der Waals surface area contributed by atoms with Crippen molar-refractivity contribution in [1.82, 2.24) is 10.2 Å². The zero-order chi connectivity index (χ0) is 21.7. The summed E-state index contributed by atoms with van der Waals surface area (Å²) in [5.41, 5.74) is 1.50. The van der Waals surface area contributed by atoms with Crippen LogP contribution in [0.2, 0.25) is 0 Å². The molecule has 7 nitrogen and oxygen atoms in total. The molecule has 3 rings (SSSR count). The van der Waals surface area contributed by atoms with Gasteiger partial charge in [-0.3, -0.25) is 4.79 Å². The summed E-state index contributed by atoms with van der Waals surface area (Å²) in [4.78, 5) is 25.6. The van der Waals surface area contributed by atoms with Crippen LogP contribution in [-0.2, 0) is 16.4 Å². The van der Waals surface area contributed by atoms with E-state index in [1.165, 1.54) is 12.1 Å². The molecular formula is C20H21F2N3O4S. The van der Waals surface area contributed by atoms with E-state index in [4.69, 9.17) is 0 Å². The van der Waals surface area contributed by atoms with Gasteiger partial charge in [0.05, 0.1) is 4.90 Å². The summed E-state index contributed by atoms with van der Waals surface area (Å²) in [5.74, 6) is -4.00. The Morgan fingerprint density at radius 2 is 1.70 bits per heavy atom. The Bertz CT molecular complexity index is 1020. The molecule has 0 saturated carbocycles. The highest BCUT2D eigenvalue weighted by atomic mass is 32.2. The minimum atomic E-state index is -4.70. The van der Waals surface area contributed by atoms with Crippen molar-refractivity contribution in [2.45, 2.75) is 30.0 Å². The van der Waals surface area contributed by atoms with Crippen LogP contribution in [0.5, 0.6) is 0 Å². The Balaban J connectivity index is 1.59. The molecule has 0 bridgehead atoms. The molecule has 3 amide bonds. The largest absolute Gasteiger partial charge is 0.348 e. The molecule has 2 aromatic carbocycles. The SMILES string of the molecule is O=C(NCc1cccc(NC(=O)N2CCCC2)c1)c1ccc(S(=O)(=O)C(F)F)cc1. The lowest BCUT2D eigenvalue weighted by Crippen LogP contribution is -2.32. The smallest absolute Gasteiger partial charge is 0.341 e. The monoisotopic (exact) mass is 437 g/mol. The number of likely N-dealkylation sites (tertiary alicyclic amines) is 1. The van der Waals surface area contributed by atoms with Crippen LogP contribution in [0, 0.1) is 0 Å². The number of nitrogens with one attached hydrogen (secondary N) is 2. The molecule has 1 saturated heterocycles. The zero-order valence-electron chi connectivity index (χ0n) is 16.0. The number of benzene rings is 2. The van der Waals surface area contributed by atoms with Crippen molar-refractivity contribution in [2.24, 2.45) is 0 Å². The highest BCUT2D eigenvalue weighted by molar-refractivity contribution is 7.91. The predicted molar refractivity (Wildman–Crippen MR) is 107 cm³/mol. The standard InChI is InChI=1S/C20H21F2N3O4S/c21-19(22)30(28,29)17-8-6-15(7-9-17)18(26)23-13-14-4-3-5-16(12-14)24-20(27)25-10-1-2-11-25/h3-9,12,19H,1-2,10-11,13H2,(H,23,26)(H,24,27). The van der Waals surface area contributed by atoms with Gasteiger partial charge in [-0.2, -0.15) is 8.78 Å². The lowest BCUT2D eigenvalue weighted by atomic mass is 10.1. The third-order valence-corrected chi connectivity index (χ3v) is 6.10. The van der Waals surface area contributed by atoms with E-state index in [1.807, 2.05) is 0 Å². The summed E-state index contributed by atoms with van der Waals surface area (Å²) >= 11 is 0. The Labute approximate surface area is 173 Å². The number of rotatable bonds is 6. The Kier molecular flexibility index (Phi) is 6.66. The molecule has 1 aliphatic heterocycles. The quantitative estimate of drug-likeness (QED) is 0.725. The number of amides is 3.